The minimum atomic E-state index is -3.87. The summed E-state index contributed by atoms with van der Waals surface area (Å²) in [5, 5.41) is 17.6. The zero-order chi connectivity index (χ0) is 23.4. The zero-order valence-electron chi connectivity index (χ0n) is 17.7. The number of rotatable bonds is 6. The number of amides is 1. The third kappa shape index (κ3) is 5.11. The summed E-state index contributed by atoms with van der Waals surface area (Å²) in [5.74, 6) is -0.245. The van der Waals surface area contributed by atoms with Crippen molar-refractivity contribution in [1.29, 1.82) is 5.26 Å². The minimum absolute atomic E-state index is 0.0356. The number of fused-ring (bicyclic) bond motifs is 1. The fourth-order valence-electron chi connectivity index (χ4n) is 3.37. The molecule has 4 aromatic carbocycles. The number of benzene rings is 4. The van der Waals surface area contributed by atoms with Gasteiger partial charge in [-0.05, 0) is 65.4 Å². The van der Waals surface area contributed by atoms with Gasteiger partial charge in [-0.15, -0.1) is 0 Å². The first-order valence-corrected chi connectivity index (χ1v) is 11.5. The van der Waals surface area contributed by atoms with Crippen LogP contribution in [0.3, 0.4) is 0 Å². The van der Waals surface area contributed by atoms with E-state index in [9.17, 15) is 18.5 Å². The highest BCUT2D eigenvalue weighted by atomic mass is 32.2. The van der Waals surface area contributed by atoms with Crippen molar-refractivity contribution >= 4 is 49.5 Å². The molecular formula is C25H20N4O3S. The van der Waals surface area contributed by atoms with Gasteiger partial charge in [0.15, 0.2) is 0 Å². The lowest BCUT2D eigenvalue weighted by Gasteiger charge is -2.13. The van der Waals surface area contributed by atoms with Gasteiger partial charge in [-0.2, -0.15) is 5.26 Å². The highest BCUT2D eigenvalue weighted by Gasteiger charge is 2.15. The van der Waals surface area contributed by atoms with E-state index in [2.05, 4.69) is 21.4 Å². The molecule has 0 saturated carbocycles. The third-order valence-electron chi connectivity index (χ3n) is 4.91. The standard InChI is InChI=1S/C25H20N4O3S/c1-17(30)27-21-8-11-24(12-9-21)33(31,32)29-23-10-13-25(20(15-23)16-26)28-22-7-6-18-4-2-3-5-19(18)14-22/h2-15,28-29H,1H3,(H,27,30). The maximum absolute atomic E-state index is 12.7. The largest absolute Gasteiger partial charge is 0.354 e. The molecule has 8 heteroatoms. The Bertz CT molecular complexity index is 1490. The molecule has 0 aliphatic heterocycles. The molecule has 0 spiro atoms. The molecule has 4 aromatic rings. The van der Waals surface area contributed by atoms with Crippen LogP contribution >= 0.6 is 0 Å². The van der Waals surface area contributed by atoms with Crippen molar-refractivity contribution in [3.63, 3.8) is 0 Å². The van der Waals surface area contributed by atoms with Crippen LogP contribution in [-0.4, -0.2) is 14.3 Å². The van der Waals surface area contributed by atoms with Gasteiger partial charge >= 0.3 is 0 Å². The van der Waals surface area contributed by atoms with Gasteiger partial charge in [0.2, 0.25) is 5.91 Å². The van der Waals surface area contributed by atoms with Crippen LogP contribution in [0.15, 0.2) is 89.8 Å². The van der Waals surface area contributed by atoms with E-state index in [1.165, 1.54) is 37.3 Å². The average Bonchev–Trinajstić information content (AvgIpc) is 2.79. The third-order valence-corrected chi connectivity index (χ3v) is 6.30. The molecule has 0 saturated heterocycles. The van der Waals surface area contributed by atoms with Crippen molar-refractivity contribution in [1.82, 2.24) is 0 Å². The molecule has 164 valence electrons. The van der Waals surface area contributed by atoms with Gasteiger partial charge in [-0.25, -0.2) is 8.42 Å². The van der Waals surface area contributed by atoms with Gasteiger partial charge < -0.3 is 10.6 Å². The predicted octanol–water partition coefficient (Wildman–Crippen LogP) is 5.21. The quantitative estimate of drug-likeness (QED) is 0.369. The van der Waals surface area contributed by atoms with Crippen LogP contribution in [0.4, 0.5) is 22.7 Å². The lowest BCUT2D eigenvalue weighted by Crippen LogP contribution is -2.13. The van der Waals surface area contributed by atoms with Gasteiger partial charge in [0.1, 0.15) is 6.07 Å². The summed E-state index contributed by atoms with van der Waals surface area (Å²) in [5.41, 5.74) is 2.44. The summed E-state index contributed by atoms with van der Waals surface area (Å²) in [6.07, 6.45) is 0. The number of nitrogens with zero attached hydrogens (tertiary/aromatic N) is 1. The maximum atomic E-state index is 12.7. The first-order chi connectivity index (χ1) is 15.8. The van der Waals surface area contributed by atoms with Crippen LogP contribution in [0.2, 0.25) is 0 Å². The van der Waals surface area contributed by atoms with Crippen molar-refractivity contribution in [2.45, 2.75) is 11.8 Å². The van der Waals surface area contributed by atoms with Gasteiger partial charge in [0.05, 0.1) is 21.8 Å². The average molecular weight is 457 g/mol. The van der Waals surface area contributed by atoms with Gasteiger partial charge in [-0.3, -0.25) is 9.52 Å². The predicted molar refractivity (Wildman–Crippen MR) is 130 cm³/mol. The van der Waals surface area contributed by atoms with Crippen LogP contribution in [0, 0.1) is 11.3 Å². The Kier molecular flexibility index (Phi) is 5.98. The van der Waals surface area contributed by atoms with Crippen molar-refractivity contribution < 1.29 is 13.2 Å². The Morgan fingerprint density at radius 2 is 1.48 bits per heavy atom. The van der Waals surface area contributed by atoms with Crippen LogP contribution in [-0.2, 0) is 14.8 Å². The van der Waals surface area contributed by atoms with E-state index in [0.29, 0.717) is 16.9 Å². The van der Waals surface area contributed by atoms with Crippen molar-refractivity contribution in [2.24, 2.45) is 0 Å². The van der Waals surface area contributed by atoms with Crippen LogP contribution < -0.4 is 15.4 Å². The summed E-state index contributed by atoms with van der Waals surface area (Å²) in [6, 6.07) is 26.5. The molecule has 0 aliphatic carbocycles. The number of sulfonamides is 1. The molecule has 33 heavy (non-hydrogen) atoms. The van der Waals surface area contributed by atoms with Crippen molar-refractivity contribution in [2.75, 3.05) is 15.4 Å². The number of nitriles is 1. The second kappa shape index (κ2) is 9.02. The zero-order valence-corrected chi connectivity index (χ0v) is 18.5. The number of hydrogen-bond acceptors (Lipinski definition) is 5. The molecular weight excluding hydrogens is 436 g/mol. The van der Waals surface area contributed by atoms with E-state index in [0.717, 1.165) is 16.5 Å². The molecule has 0 fully saturated rings. The molecule has 4 rings (SSSR count). The lowest BCUT2D eigenvalue weighted by atomic mass is 10.1. The summed E-state index contributed by atoms with van der Waals surface area (Å²) < 4.78 is 28.0. The van der Waals surface area contributed by atoms with E-state index in [1.54, 1.807) is 12.1 Å². The molecule has 0 bridgehead atoms. The minimum Gasteiger partial charge on any atom is -0.354 e. The lowest BCUT2D eigenvalue weighted by molar-refractivity contribution is -0.114. The molecule has 7 nitrogen and oxygen atoms in total. The molecule has 1 amide bonds. The molecule has 0 unspecified atom stereocenters. The van der Waals surface area contributed by atoms with E-state index < -0.39 is 10.0 Å². The Balaban J connectivity index is 1.54. The second-order valence-corrected chi connectivity index (χ2v) is 9.05. The topological polar surface area (TPSA) is 111 Å². The van der Waals surface area contributed by atoms with Crippen molar-refractivity contribution in [3.8, 4) is 6.07 Å². The fraction of sp³-hybridized carbons (Fsp3) is 0.0400. The maximum Gasteiger partial charge on any atom is 0.261 e. The van der Waals surface area contributed by atoms with Gasteiger partial charge in [0, 0.05) is 18.3 Å². The van der Waals surface area contributed by atoms with E-state index in [1.807, 2.05) is 42.5 Å². The summed E-state index contributed by atoms with van der Waals surface area (Å²) in [6.45, 7) is 1.37. The van der Waals surface area contributed by atoms with E-state index >= 15 is 0 Å². The fourth-order valence-corrected chi connectivity index (χ4v) is 4.42. The Morgan fingerprint density at radius 3 is 2.18 bits per heavy atom. The van der Waals surface area contributed by atoms with Crippen LogP contribution in [0.1, 0.15) is 12.5 Å². The Labute approximate surface area is 191 Å². The van der Waals surface area contributed by atoms with E-state index in [4.69, 9.17) is 0 Å². The number of carbonyl (C=O) groups excluding carboxylic acids is 1. The highest BCUT2D eigenvalue weighted by molar-refractivity contribution is 7.92. The normalized spacial score (nSPS) is 10.9. The van der Waals surface area contributed by atoms with Crippen LogP contribution in [0.25, 0.3) is 10.8 Å². The molecule has 0 aliphatic rings. The van der Waals surface area contributed by atoms with Gasteiger partial charge in [0.25, 0.3) is 10.0 Å². The smallest absolute Gasteiger partial charge is 0.261 e. The van der Waals surface area contributed by atoms with Crippen LogP contribution in [0.5, 0.6) is 0 Å². The molecule has 0 atom stereocenters. The Morgan fingerprint density at radius 1 is 0.818 bits per heavy atom. The van der Waals surface area contributed by atoms with E-state index in [-0.39, 0.29) is 16.5 Å². The first kappa shape index (κ1) is 21.9. The second-order valence-electron chi connectivity index (χ2n) is 7.37. The summed E-state index contributed by atoms with van der Waals surface area (Å²) in [7, 11) is -3.87. The summed E-state index contributed by atoms with van der Waals surface area (Å²) >= 11 is 0. The summed E-state index contributed by atoms with van der Waals surface area (Å²) in [4.78, 5) is 11.2. The highest BCUT2D eigenvalue weighted by Crippen LogP contribution is 2.27. The molecule has 0 radical (unpaired) electrons. The van der Waals surface area contributed by atoms with Crippen molar-refractivity contribution in [3.05, 3.63) is 90.5 Å². The molecule has 3 N–H and O–H groups in total. The monoisotopic (exact) mass is 456 g/mol. The number of carbonyl (C=O) groups is 1. The number of anilines is 4. The first-order valence-electron chi connectivity index (χ1n) is 10.0. The SMILES string of the molecule is CC(=O)Nc1ccc(S(=O)(=O)Nc2ccc(Nc3ccc4ccccc4c3)c(C#N)c2)cc1. The number of nitrogens with one attached hydrogen (secondary N) is 3. The Hall–Kier alpha value is -4.35. The number of hydrogen-bond donors (Lipinski definition) is 3. The van der Waals surface area contributed by atoms with Gasteiger partial charge in [-0.1, -0.05) is 30.3 Å². The molecule has 0 aromatic heterocycles. The molecule has 0 heterocycles.